The normalized spacial score (nSPS) is 16.8. The van der Waals surface area contributed by atoms with Crippen molar-refractivity contribution in [2.24, 2.45) is 0 Å². The van der Waals surface area contributed by atoms with Crippen molar-refractivity contribution < 1.29 is 19.8 Å². The predicted octanol–water partition coefficient (Wildman–Crippen LogP) is 2.74. The van der Waals surface area contributed by atoms with Gasteiger partial charge in [-0.3, -0.25) is 0 Å². The third-order valence-electron chi connectivity index (χ3n) is 4.85. The zero-order chi connectivity index (χ0) is 20.1. The molecule has 0 saturated carbocycles. The van der Waals surface area contributed by atoms with E-state index in [1.54, 1.807) is 5.57 Å². The first-order valence-corrected chi connectivity index (χ1v) is 9.96. The van der Waals surface area contributed by atoms with E-state index in [9.17, 15) is 9.59 Å². The molecule has 2 aromatic heterocycles. The summed E-state index contributed by atoms with van der Waals surface area (Å²) in [6.07, 6.45) is 8.67. The van der Waals surface area contributed by atoms with Crippen LogP contribution in [0.25, 0.3) is 5.57 Å². The van der Waals surface area contributed by atoms with Crippen LogP contribution in [0.2, 0.25) is 0 Å². The van der Waals surface area contributed by atoms with Gasteiger partial charge in [-0.2, -0.15) is 0 Å². The second kappa shape index (κ2) is 8.99. The van der Waals surface area contributed by atoms with Crippen molar-refractivity contribution in [3.8, 4) is 0 Å². The van der Waals surface area contributed by atoms with E-state index >= 15 is 0 Å². The summed E-state index contributed by atoms with van der Waals surface area (Å²) in [5.74, 6) is -1.33. The number of piperidine rings is 1. The van der Waals surface area contributed by atoms with E-state index in [4.69, 9.17) is 10.2 Å². The number of carbonyl (C=O) groups is 2. The van der Waals surface area contributed by atoms with Crippen LogP contribution in [0.15, 0.2) is 41.6 Å². The molecule has 0 bridgehead atoms. The van der Waals surface area contributed by atoms with E-state index in [1.165, 1.54) is 47.8 Å². The quantitative estimate of drug-likeness (QED) is 0.752. The highest BCUT2D eigenvalue weighted by atomic mass is 32.1. The number of nitrogens with zero attached hydrogens (tertiary/aromatic N) is 3. The summed E-state index contributed by atoms with van der Waals surface area (Å²) in [6.45, 7) is 3.39. The van der Waals surface area contributed by atoms with Crippen LogP contribution in [0.5, 0.6) is 0 Å². The van der Waals surface area contributed by atoms with Gasteiger partial charge in [-0.05, 0) is 43.3 Å². The van der Waals surface area contributed by atoms with Crippen LogP contribution in [-0.2, 0) is 22.6 Å². The number of carboxylic acid groups (broad SMARTS) is 2. The summed E-state index contributed by atoms with van der Waals surface area (Å²) in [4.78, 5) is 27.7. The Labute approximate surface area is 167 Å². The fourth-order valence-electron chi connectivity index (χ4n) is 3.41. The maximum Gasteiger partial charge on any atom is 0.328 e. The third-order valence-corrected chi connectivity index (χ3v) is 5.82. The first kappa shape index (κ1) is 20.0. The number of imidazole rings is 1. The van der Waals surface area contributed by atoms with Gasteiger partial charge in [-0.1, -0.05) is 5.57 Å². The number of aryl methyl sites for hydroxylation is 2. The number of thiophene rings is 1. The smallest absolute Gasteiger partial charge is 0.328 e. The first-order chi connectivity index (χ1) is 13.5. The topological polar surface area (TPSA) is 95.7 Å². The molecule has 1 saturated heterocycles. The monoisotopic (exact) mass is 401 g/mol. The fourth-order valence-corrected chi connectivity index (χ4v) is 4.46. The molecule has 2 aliphatic heterocycles. The lowest BCUT2D eigenvalue weighted by Crippen LogP contribution is -2.27. The highest BCUT2D eigenvalue weighted by molar-refractivity contribution is 7.11. The number of carboxylic acids is 2. The van der Waals surface area contributed by atoms with Gasteiger partial charge in [0.15, 0.2) is 0 Å². The van der Waals surface area contributed by atoms with Crippen molar-refractivity contribution in [2.75, 3.05) is 20.1 Å². The molecular weight excluding hydrogens is 378 g/mol. The van der Waals surface area contributed by atoms with Crippen molar-refractivity contribution in [2.45, 2.75) is 25.8 Å². The molecule has 0 radical (unpaired) electrons. The van der Waals surface area contributed by atoms with Gasteiger partial charge in [0.25, 0.3) is 0 Å². The van der Waals surface area contributed by atoms with Crippen LogP contribution in [0.1, 0.15) is 29.1 Å². The molecule has 8 heteroatoms. The molecule has 0 unspecified atom stereocenters. The van der Waals surface area contributed by atoms with Crippen LogP contribution in [-0.4, -0.2) is 56.7 Å². The van der Waals surface area contributed by atoms with E-state index in [0.29, 0.717) is 12.2 Å². The standard InChI is InChI=1S/C16H19N3S.C4H4O4/c1-18-7-2-12(3-8-18)14-15-13(5-11-20-15)4-9-19-10-6-17-16(14)19;5-3(6)1-2-4(7)8/h5-6,10-11H,2-4,7-9H2,1H3;1-2H,(H,5,6)(H,7,8)/b;2-1+. The van der Waals surface area contributed by atoms with Crippen LogP contribution < -0.4 is 0 Å². The number of hydrogen-bond donors (Lipinski definition) is 2. The summed E-state index contributed by atoms with van der Waals surface area (Å²) in [5, 5.41) is 17.9. The van der Waals surface area contributed by atoms with Gasteiger partial charge in [-0.25, -0.2) is 14.6 Å². The van der Waals surface area contributed by atoms with Crippen molar-refractivity contribution in [1.82, 2.24) is 14.5 Å². The Morgan fingerprint density at radius 2 is 1.79 bits per heavy atom. The first-order valence-electron chi connectivity index (χ1n) is 9.08. The molecule has 0 atom stereocenters. The van der Waals surface area contributed by atoms with Gasteiger partial charge in [0.05, 0.1) is 0 Å². The van der Waals surface area contributed by atoms with E-state index < -0.39 is 11.9 Å². The molecule has 2 N–H and O–H groups in total. The lowest BCUT2D eigenvalue weighted by atomic mass is 9.95. The third kappa shape index (κ3) is 4.76. The Balaban J connectivity index is 0.000000242. The molecule has 0 aromatic carbocycles. The molecule has 2 aromatic rings. The van der Waals surface area contributed by atoms with E-state index in [-0.39, 0.29) is 0 Å². The summed E-state index contributed by atoms with van der Waals surface area (Å²) in [7, 11) is 2.21. The van der Waals surface area contributed by atoms with Crippen LogP contribution >= 0.6 is 11.3 Å². The Kier molecular flexibility index (Phi) is 6.43. The lowest BCUT2D eigenvalue weighted by Gasteiger charge is -2.26. The summed E-state index contributed by atoms with van der Waals surface area (Å²) < 4.78 is 2.33. The Morgan fingerprint density at radius 3 is 2.43 bits per heavy atom. The number of likely N-dealkylation sites (tertiary alicyclic amines) is 1. The molecule has 4 rings (SSSR count). The molecule has 28 heavy (non-hydrogen) atoms. The molecular formula is C20H23N3O4S. The molecule has 2 aliphatic rings. The van der Waals surface area contributed by atoms with Gasteiger partial charge in [0.1, 0.15) is 5.82 Å². The fraction of sp³-hybridized carbons (Fsp3) is 0.350. The van der Waals surface area contributed by atoms with E-state index in [2.05, 4.69) is 39.1 Å². The second-order valence-corrected chi connectivity index (χ2v) is 7.68. The van der Waals surface area contributed by atoms with Crippen LogP contribution in [0.4, 0.5) is 0 Å². The van der Waals surface area contributed by atoms with Gasteiger partial charge < -0.3 is 19.7 Å². The number of aliphatic carboxylic acids is 2. The minimum Gasteiger partial charge on any atom is -0.478 e. The maximum atomic E-state index is 9.55. The Morgan fingerprint density at radius 1 is 1.11 bits per heavy atom. The molecule has 148 valence electrons. The zero-order valence-electron chi connectivity index (χ0n) is 15.7. The van der Waals surface area contributed by atoms with Crippen molar-refractivity contribution in [1.29, 1.82) is 0 Å². The molecule has 0 aliphatic carbocycles. The molecule has 7 nitrogen and oxygen atoms in total. The zero-order valence-corrected chi connectivity index (χ0v) is 16.5. The van der Waals surface area contributed by atoms with Crippen molar-refractivity contribution in [3.63, 3.8) is 0 Å². The van der Waals surface area contributed by atoms with Gasteiger partial charge in [0, 0.05) is 54.6 Å². The van der Waals surface area contributed by atoms with E-state index in [0.717, 1.165) is 13.0 Å². The number of aromatic nitrogens is 2. The van der Waals surface area contributed by atoms with E-state index in [1.807, 2.05) is 17.5 Å². The predicted molar refractivity (Wildman–Crippen MR) is 107 cm³/mol. The number of fused-ring (bicyclic) bond motifs is 2. The molecule has 4 heterocycles. The largest absolute Gasteiger partial charge is 0.478 e. The molecule has 1 fully saturated rings. The van der Waals surface area contributed by atoms with Gasteiger partial charge in [-0.15, -0.1) is 11.3 Å². The van der Waals surface area contributed by atoms with Crippen molar-refractivity contribution in [3.05, 3.63) is 57.8 Å². The average molecular weight is 401 g/mol. The molecule has 0 amide bonds. The average Bonchev–Trinajstić information content (AvgIpc) is 3.28. The second-order valence-electron chi connectivity index (χ2n) is 6.76. The Bertz CT molecular complexity index is 855. The van der Waals surface area contributed by atoms with Gasteiger partial charge in [0.2, 0.25) is 0 Å². The lowest BCUT2D eigenvalue weighted by molar-refractivity contribution is -0.134. The summed E-state index contributed by atoms with van der Waals surface area (Å²) in [5.41, 5.74) is 4.54. The Hall–Kier alpha value is -2.71. The maximum absolute atomic E-state index is 9.55. The van der Waals surface area contributed by atoms with Crippen LogP contribution in [0.3, 0.4) is 0 Å². The van der Waals surface area contributed by atoms with Crippen LogP contribution in [0, 0.1) is 0 Å². The summed E-state index contributed by atoms with van der Waals surface area (Å²) in [6, 6.07) is 2.29. The number of rotatable bonds is 2. The van der Waals surface area contributed by atoms with Gasteiger partial charge >= 0.3 is 11.9 Å². The SMILES string of the molecule is CN1CCC(=C2c3sccc3CCn3ccnc32)CC1.O=C(O)/C=C/C(=O)O. The number of hydrogen-bond acceptors (Lipinski definition) is 5. The highest BCUT2D eigenvalue weighted by Gasteiger charge is 2.25. The summed E-state index contributed by atoms with van der Waals surface area (Å²) >= 11 is 1.88. The van der Waals surface area contributed by atoms with Crippen molar-refractivity contribution >= 4 is 28.8 Å². The minimum absolute atomic E-state index is 0.558. The highest BCUT2D eigenvalue weighted by Crippen LogP contribution is 2.38. The molecule has 0 spiro atoms. The minimum atomic E-state index is -1.26.